The van der Waals surface area contributed by atoms with Crippen molar-refractivity contribution in [3.63, 3.8) is 0 Å². The maximum atomic E-state index is 12.7. The molecule has 0 spiro atoms. The van der Waals surface area contributed by atoms with Gasteiger partial charge in [-0.25, -0.2) is 4.98 Å². The molecule has 2 amide bonds. The topological polar surface area (TPSA) is 75.6 Å². The summed E-state index contributed by atoms with van der Waals surface area (Å²) in [6, 6.07) is 5.47. The standard InChI is InChI=1S/C19H22N4O3/c1-3-26-17-5-4-15(12-14(17)2)18(24)22-8-10-23(11-9-22)19(25)16-13-20-6-7-21-16/h4-7,12-13H,3,8-11H2,1-2H3. The lowest BCUT2D eigenvalue weighted by molar-refractivity contribution is 0.0532. The van der Waals surface area contributed by atoms with Gasteiger partial charge in [-0.3, -0.25) is 14.6 Å². The molecule has 0 N–H and O–H groups in total. The maximum absolute atomic E-state index is 12.7. The Morgan fingerprint density at radius 1 is 1.08 bits per heavy atom. The van der Waals surface area contributed by atoms with Gasteiger partial charge in [0.1, 0.15) is 11.4 Å². The van der Waals surface area contributed by atoms with E-state index in [1.165, 1.54) is 18.6 Å². The number of piperazine rings is 1. The Morgan fingerprint density at radius 2 is 1.77 bits per heavy atom. The van der Waals surface area contributed by atoms with E-state index in [9.17, 15) is 9.59 Å². The Bertz CT molecular complexity index is 787. The number of aromatic nitrogens is 2. The Labute approximate surface area is 152 Å². The van der Waals surface area contributed by atoms with Gasteiger partial charge in [0.15, 0.2) is 0 Å². The Hall–Kier alpha value is -2.96. The van der Waals surface area contributed by atoms with E-state index in [0.29, 0.717) is 44.0 Å². The summed E-state index contributed by atoms with van der Waals surface area (Å²) < 4.78 is 5.52. The third-order valence-corrected chi connectivity index (χ3v) is 4.36. The fraction of sp³-hybridized carbons (Fsp3) is 0.368. The summed E-state index contributed by atoms with van der Waals surface area (Å²) in [6.45, 7) is 6.41. The van der Waals surface area contributed by atoms with Crippen LogP contribution in [0.3, 0.4) is 0 Å². The summed E-state index contributed by atoms with van der Waals surface area (Å²) in [7, 11) is 0. The minimum Gasteiger partial charge on any atom is -0.494 e. The first-order valence-electron chi connectivity index (χ1n) is 8.68. The van der Waals surface area contributed by atoms with Crippen LogP contribution in [0.4, 0.5) is 0 Å². The van der Waals surface area contributed by atoms with Crippen molar-refractivity contribution in [3.8, 4) is 5.75 Å². The number of rotatable bonds is 4. The summed E-state index contributed by atoms with van der Waals surface area (Å²) in [5, 5.41) is 0. The molecule has 2 aromatic rings. The first-order valence-corrected chi connectivity index (χ1v) is 8.68. The maximum Gasteiger partial charge on any atom is 0.274 e. The molecule has 0 unspecified atom stereocenters. The Balaban J connectivity index is 1.62. The average molecular weight is 354 g/mol. The van der Waals surface area contributed by atoms with Crippen LogP contribution < -0.4 is 4.74 Å². The number of carbonyl (C=O) groups excluding carboxylic acids is 2. The van der Waals surface area contributed by atoms with Crippen LogP contribution in [0.25, 0.3) is 0 Å². The zero-order valence-corrected chi connectivity index (χ0v) is 15.0. The predicted octanol–water partition coefficient (Wildman–Crippen LogP) is 1.78. The third-order valence-electron chi connectivity index (χ3n) is 4.36. The van der Waals surface area contributed by atoms with E-state index in [-0.39, 0.29) is 11.8 Å². The van der Waals surface area contributed by atoms with Crippen LogP contribution >= 0.6 is 0 Å². The fourth-order valence-corrected chi connectivity index (χ4v) is 2.97. The molecule has 3 rings (SSSR count). The van der Waals surface area contributed by atoms with E-state index < -0.39 is 0 Å². The van der Waals surface area contributed by atoms with Crippen molar-refractivity contribution < 1.29 is 14.3 Å². The van der Waals surface area contributed by atoms with Crippen LogP contribution in [-0.4, -0.2) is 64.4 Å². The number of benzene rings is 1. The molecule has 26 heavy (non-hydrogen) atoms. The van der Waals surface area contributed by atoms with Crippen molar-refractivity contribution in [2.24, 2.45) is 0 Å². The van der Waals surface area contributed by atoms with Crippen molar-refractivity contribution in [1.82, 2.24) is 19.8 Å². The van der Waals surface area contributed by atoms with Crippen molar-refractivity contribution in [2.45, 2.75) is 13.8 Å². The van der Waals surface area contributed by atoms with E-state index in [4.69, 9.17) is 4.74 Å². The van der Waals surface area contributed by atoms with Crippen LogP contribution in [0, 0.1) is 6.92 Å². The normalized spacial score (nSPS) is 14.2. The Kier molecular flexibility index (Phi) is 5.46. The number of aryl methyl sites for hydroxylation is 1. The molecular weight excluding hydrogens is 332 g/mol. The van der Waals surface area contributed by atoms with E-state index in [1.54, 1.807) is 15.9 Å². The summed E-state index contributed by atoms with van der Waals surface area (Å²) in [5.74, 6) is 0.619. The van der Waals surface area contributed by atoms with Crippen LogP contribution in [0.5, 0.6) is 5.75 Å². The molecule has 136 valence electrons. The molecule has 1 aromatic heterocycles. The number of carbonyl (C=O) groups is 2. The van der Waals surface area contributed by atoms with Crippen molar-refractivity contribution in [1.29, 1.82) is 0 Å². The van der Waals surface area contributed by atoms with E-state index in [2.05, 4.69) is 9.97 Å². The van der Waals surface area contributed by atoms with Crippen LogP contribution in [0.2, 0.25) is 0 Å². The molecule has 7 nitrogen and oxygen atoms in total. The van der Waals surface area contributed by atoms with Gasteiger partial charge in [-0.15, -0.1) is 0 Å². The molecule has 1 aliphatic heterocycles. The van der Waals surface area contributed by atoms with Crippen LogP contribution in [0.15, 0.2) is 36.8 Å². The number of hydrogen-bond acceptors (Lipinski definition) is 5. The van der Waals surface area contributed by atoms with Crippen molar-refractivity contribution in [2.75, 3.05) is 32.8 Å². The lowest BCUT2D eigenvalue weighted by Crippen LogP contribution is -2.50. The van der Waals surface area contributed by atoms with E-state index >= 15 is 0 Å². The minimum absolute atomic E-state index is 0.0252. The molecule has 7 heteroatoms. The largest absolute Gasteiger partial charge is 0.494 e. The molecule has 1 aromatic carbocycles. The highest BCUT2D eigenvalue weighted by Gasteiger charge is 2.26. The molecule has 2 heterocycles. The van der Waals surface area contributed by atoms with Gasteiger partial charge in [0.25, 0.3) is 11.8 Å². The van der Waals surface area contributed by atoms with Gasteiger partial charge in [-0.05, 0) is 37.6 Å². The molecule has 0 saturated carbocycles. The van der Waals surface area contributed by atoms with Gasteiger partial charge in [-0.2, -0.15) is 0 Å². The minimum atomic E-state index is -0.151. The summed E-state index contributed by atoms with van der Waals surface area (Å²) in [6.07, 6.45) is 4.50. The molecule has 0 atom stereocenters. The van der Waals surface area contributed by atoms with Crippen molar-refractivity contribution >= 4 is 11.8 Å². The van der Waals surface area contributed by atoms with E-state index in [1.807, 2.05) is 26.0 Å². The fourth-order valence-electron chi connectivity index (χ4n) is 2.97. The Morgan fingerprint density at radius 3 is 2.35 bits per heavy atom. The lowest BCUT2D eigenvalue weighted by Gasteiger charge is -2.34. The molecular formula is C19H22N4O3. The number of ether oxygens (including phenoxy) is 1. The van der Waals surface area contributed by atoms with Gasteiger partial charge >= 0.3 is 0 Å². The van der Waals surface area contributed by atoms with Crippen LogP contribution in [0.1, 0.15) is 33.3 Å². The number of nitrogens with zero attached hydrogens (tertiary/aromatic N) is 4. The first kappa shape index (κ1) is 17.8. The van der Waals surface area contributed by atoms with Gasteiger partial charge in [0.2, 0.25) is 0 Å². The number of amides is 2. The molecule has 1 fully saturated rings. The highest BCUT2D eigenvalue weighted by atomic mass is 16.5. The molecule has 1 aliphatic rings. The second-order valence-corrected chi connectivity index (χ2v) is 6.09. The average Bonchev–Trinajstić information content (AvgIpc) is 2.69. The molecule has 0 radical (unpaired) electrons. The van der Waals surface area contributed by atoms with Gasteiger partial charge < -0.3 is 14.5 Å². The summed E-state index contributed by atoms with van der Waals surface area (Å²) in [4.78, 5) is 36.6. The predicted molar refractivity (Wildman–Crippen MR) is 96.2 cm³/mol. The number of hydrogen-bond donors (Lipinski definition) is 0. The SMILES string of the molecule is CCOc1ccc(C(=O)N2CCN(C(=O)c3cnccn3)CC2)cc1C. The smallest absolute Gasteiger partial charge is 0.274 e. The molecule has 0 bridgehead atoms. The zero-order valence-electron chi connectivity index (χ0n) is 15.0. The lowest BCUT2D eigenvalue weighted by atomic mass is 10.1. The quantitative estimate of drug-likeness (QED) is 0.837. The summed E-state index contributed by atoms with van der Waals surface area (Å²) in [5.41, 5.74) is 1.91. The second-order valence-electron chi connectivity index (χ2n) is 6.09. The van der Waals surface area contributed by atoms with Gasteiger partial charge in [0, 0.05) is 44.1 Å². The van der Waals surface area contributed by atoms with E-state index in [0.717, 1.165) is 11.3 Å². The molecule has 0 aliphatic carbocycles. The van der Waals surface area contributed by atoms with Crippen molar-refractivity contribution in [3.05, 3.63) is 53.6 Å². The van der Waals surface area contributed by atoms with Gasteiger partial charge in [0.05, 0.1) is 12.8 Å². The summed E-state index contributed by atoms with van der Waals surface area (Å²) >= 11 is 0. The highest BCUT2D eigenvalue weighted by molar-refractivity contribution is 5.95. The highest BCUT2D eigenvalue weighted by Crippen LogP contribution is 2.20. The second kappa shape index (κ2) is 7.95. The van der Waals surface area contributed by atoms with Crippen LogP contribution in [-0.2, 0) is 0 Å². The zero-order chi connectivity index (χ0) is 18.5. The van der Waals surface area contributed by atoms with Gasteiger partial charge in [-0.1, -0.05) is 0 Å². The monoisotopic (exact) mass is 354 g/mol. The molecule has 1 saturated heterocycles. The first-order chi connectivity index (χ1) is 12.6. The third kappa shape index (κ3) is 3.82.